The Hall–Kier alpha value is -2.91. The molecule has 2 aromatic carbocycles. The molecule has 0 saturated carbocycles. The summed E-state index contributed by atoms with van der Waals surface area (Å²) < 4.78 is 11.7. The molecule has 142 valence electrons. The fraction of sp³-hybridized carbons (Fsp3) is 0.105. The Morgan fingerprint density at radius 3 is 2.93 bits per heavy atom. The second-order valence-electron chi connectivity index (χ2n) is 5.88. The fourth-order valence-corrected chi connectivity index (χ4v) is 3.54. The standard InChI is InChI=1S/C19H14BrN3O4S/c20-12-2-4-13(5-3-12)26-8-18(25)23-19-22-15(10-28-19)11-1-6-16-14(7-11)21-17(24)9-27-16/h1-7,10H,8-9H2,(H,21,24)(H,22,23,25). The topological polar surface area (TPSA) is 89.5 Å². The summed E-state index contributed by atoms with van der Waals surface area (Å²) in [5.41, 5.74) is 2.11. The largest absolute Gasteiger partial charge is 0.484 e. The first-order chi connectivity index (χ1) is 13.6. The molecule has 0 bridgehead atoms. The van der Waals surface area contributed by atoms with Gasteiger partial charge in [-0.2, -0.15) is 0 Å². The van der Waals surface area contributed by atoms with Crippen LogP contribution in [-0.4, -0.2) is 30.0 Å². The zero-order chi connectivity index (χ0) is 19.5. The van der Waals surface area contributed by atoms with Crippen LogP contribution >= 0.6 is 27.3 Å². The van der Waals surface area contributed by atoms with Crippen molar-refractivity contribution in [3.8, 4) is 22.8 Å². The molecule has 3 aromatic rings. The first-order valence-corrected chi connectivity index (χ1v) is 9.95. The molecule has 4 rings (SSSR count). The zero-order valence-corrected chi connectivity index (χ0v) is 16.8. The molecule has 1 aliphatic rings. The highest BCUT2D eigenvalue weighted by Gasteiger charge is 2.17. The Bertz CT molecular complexity index is 1040. The SMILES string of the molecule is O=C(COc1ccc(Br)cc1)Nc1nc(-c2ccc3c(c2)NC(=O)CO3)cs1. The first-order valence-electron chi connectivity index (χ1n) is 8.28. The van der Waals surface area contributed by atoms with E-state index >= 15 is 0 Å². The van der Waals surface area contributed by atoms with Crippen molar-refractivity contribution in [2.24, 2.45) is 0 Å². The van der Waals surface area contributed by atoms with Gasteiger partial charge in [0.1, 0.15) is 11.5 Å². The summed E-state index contributed by atoms with van der Waals surface area (Å²) in [6.45, 7) is -0.0969. The number of hydrogen-bond acceptors (Lipinski definition) is 6. The molecular formula is C19H14BrN3O4S. The average Bonchev–Trinajstić information content (AvgIpc) is 3.15. The van der Waals surface area contributed by atoms with Gasteiger partial charge in [0.2, 0.25) is 0 Å². The maximum absolute atomic E-state index is 12.1. The van der Waals surface area contributed by atoms with Crippen LogP contribution in [0.5, 0.6) is 11.5 Å². The van der Waals surface area contributed by atoms with Crippen molar-refractivity contribution < 1.29 is 19.1 Å². The molecule has 28 heavy (non-hydrogen) atoms. The number of benzene rings is 2. The second-order valence-corrected chi connectivity index (χ2v) is 7.65. The maximum Gasteiger partial charge on any atom is 0.264 e. The number of carbonyl (C=O) groups excluding carboxylic acids is 2. The van der Waals surface area contributed by atoms with Crippen molar-refractivity contribution in [2.45, 2.75) is 0 Å². The molecule has 0 atom stereocenters. The smallest absolute Gasteiger partial charge is 0.264 e. The third-order valence-corrected chi connectivity index (χ3v) is 5.13. The number of ether oxygens (including phenoxy) is 2. The molecule has 1 aromatic heterocycles. The molecule has 1 aliphatic heterocycles. The van der Waals surface area contributed by atoms with Crippen LogP contribution in [0.25, 0.3) is 11.3 Å². The summed E-state index contributed by atoms with van der Waals surface area (Å²) in [4.78, 5) is 28.0. The number of anilines is 2. The lowest BCUT2D eigenvalue weighted by Gasteiger charge is -2.18. The number of aromatic nitrogens is 1. The van der Waals surface area contributed by atoms with Gasteiger partial charge in [-0.3, -0.25) is 14.9 Å². The number of rotatable bonds is 5. The van der Waals surface area contributed by atoms with Crippen LogP contribution < -0.4 is 20.1 Å². The quantitative estimate of drug-likeness (QED) is 0.603. The minimum atomic E-state index is -0.296. The van der Waals surface area contributed by atoms with E-state index in [-0.39, 0.29) is 25.0 Å². The monoisotopic (exact) mass is 459 g/mol. The van der Waals surface area contributed by atoms with Crippen molar-refractivity contribution in [3.63, 3.8) is 0 Å². The summed E-state index contributed by atoms with van der Waals surface area (Å²) >= 11 is 4.66. The van der Waals surface area contributed by atoms with Crippen LogP contribution in [-0.2, 0) is 9.59 Å². The van der Waals surface area contributed by atoms with Crippen LogP contribution in [0.2, 0.25) is 0 Å². The average molecular weight is 460 g/mol. The lowest BCUT2D eigenvalue weighted by atomic mass is 10.1. The van der Waals surface area contributed by atoms with Gasteiger partial charge in [-0.15, -0.1) is 11.3 Å². The van der Waals surface area contributed by atoms with E-state index in [1.807, 2.05) is 23.6 Å². The van der Waals surface area contributed by atoms with Crippen LogP contribution in [0, 0.1) is 0 Å². The number of carbonyl (C=O) groups is 2. The van der Waals surface area contributed by atoms with Crippen molar-refractivity contribution in [1.29, 1.82) is 0 Å². The molecule has 0 fully saturated rings. The Balaban J connectivity index is 1.39. The van der Waals surface area contributed by atoms with E-state index in [0.29, 0.717) is 28.0 Å². The summed E-state index contributed by atoms with van der Waals surface area (Å²) in [7, 11) is 0. The number of nitrogens with zero attached hydrogens (tertiary/aromatic N) is 1. The van der Waals surface area contributed by atoms with Crippen LogP contribution in [0.15, 0.2) is 52.3 Å². The van der Waals surface area contributed by atoms with Gasteiger partial charge in [0, 0.05) is 15.4 Å². The number of hydrogen-bond donors (Lipinski definition) is 2. The highest BCUT2D eigenvalue weighted by Crippen LogP contribution is 2.33. The highest BCUT2D eigenvalue weighted by molar-refractivity contribution is 9.10. The molecule has 2 amide bonds. The number of thiazole rings is 1. The van der Waals surface area contributed by atoms with Gasteiger partial charge in [-0.05, 0) is 42.5 Å². The molecule has 7 nitrogen and oxygen atoms in total. The molecule has 2 N–H and O–H groups in total. The molecule has 2 heterocycles. The lowest BCUT2D eigenvalue weighted by Crippen LogP contribution is -2.25. The van der Waals surface area contributed by atoms with Gasteiger partial charge in [0.05, 0.1) is 11.4 Å². The third-order valence-electron chi connectivity index (χ3n) is 3.84. The molecule has 0 saturated heterocycles. The van der Waals surface area contributed by atoms with E-state index in [0.717, 1.165) is 10.0 Å². The predicted molar refractivity (Wildman–Crippen MR) is 110 cm³/mol. The molecular weight excluding hydrogens is 446 g/mol. The molecule has 0 spiro atoms. The van der Waals surface area contributed by atoms with Crippen LogP contribution in [0.1, 0.15) is 0 Å². The van der Waals surface area contributed by atoms with E-state index in [1.54, 1.807) is 24.3 Å². The summed E-state index contributed by atoms with van der Waals surface area (Å²) in [6.07, 6.45) is 0. The van der Waals surface area contributed by atoms with E-state index in [1.165, 1.54) is 11.3 Å². The van der Waals surface area contributed by atoms with Gasteiger partial charge in [0.25, 0.3) is 11.8 Å². The number of halogens is 1. The van der Waals surface area contributed by atoms with Crippen LogP contribution in [0.3, 0.4) is 0 Å². The highest BCUT2D eigenvalue weighted by atomic mass is 79.9. The van der Waals surface area contributed by atoms with Gasteiger partial charge in [0.15, 0.2) is 18.3 Å². The minimum absolute atomic E-state index is 0.0154. The molecule has 9 heteroatoms. The van der Waals surface area contributed by atoms with Crippen molar-refractivity contribution >= 4 is 49.9 Å². The second kappa shape index (κ2) is 7.99. The van der Waals surface area contributed by atoms with Gasteiger partial charge in [-0.1, -0.05) is 15.9 Å². The molecule has 0 unspecified atom stereocenters. The summed E-state index contributed by atoms with van der Waals surface area (Å²) in [5.74, 6) is 0.741. The first kappa shape index (κ1) is 18.5. The molecule has 0 radical (unpaired) electrons. The van der Waals surface area contributed by atoms with E-state index in [9.17, 15) is 9.59 Å². The summed E-state index contributed by atoms with van der Waals surface area (Å²) in [6, 6.07) is 12.7. The van der Waals surface area contributed by atoms with E-state index < -0.39 is 0 Å². The Morgan fingerprint density at radius 1 is 1.29 bits per heavy atom. The van der Waals surface area contributed by atoms with Crippen molar-refractivity contribution in [2.75, 3.05) is 23.8 Å². The van der Waals surface area contributed by atoms with Gasteiger partial charge >= 0.3 is 0 Å². The number of fused-ring (bicyclic) bond motifs is 1. The molecule has 0 aliphatic carbocycles. The number of nitrogens with one attached hydrogen (secondary N) is 2. The predicted octanol–water partition coefficient (Wildman–Crippen LogP) is 3.92. The third kappa shape index (κ3) is 4.32. The maximum atomic E-state index is 12.1. The Kier molecular flexibility index (Phi) is 5.27. The van der Waals surface area contributed by atoms with E-state index in [2.05, 4.69) is 31.5 Å². The van der Waals surface area contributed by atoms with Crippen molar-refractivity contribution in [3.05, 3.63) is 52.3 Å². The minimum Gasteiger partial charge on any atom is -0.484 e. The normalized spacial score (nSPS) is 12.5. The Morgan fingerprint density at radius 2 is 2.11 bits per heavy atom. The van der Waals surface area contributed by atoms with Gasteiger partial charge < -0.3 is 14.8 Å². The number of amides is 2. The zero-order valence-electron chi connectivity index (χ0n) is 14.4. The lowest BCUT2D eigenvalue weighted by molar-refractivity contribution is -0.119. The van der Waals surface area contributed by atoms with E-state index in [4.69, 9.17) is 9.47 Å². The fourth-order valence-electron chi connectivity index (χ4n) is 2.54. The van der Waals surface area contributed by atoms with Crippen molar-refractivity contribution in [1.82, 2.24) is 4.98 Å². The van der Waals surface area contributed by atoms with Gasteiger partial charge in [-0.25, -0.2) is 4.98 Å². The van der Waals surface area contributed by atoms with Crippen LogP contribution in [0.4, 0.5) is 10.8 Å². The Labute approximate surface area is 172 Å². The summed E-state index contributed by atoms with van der Waals surface area (Å²) in [5, 5.41) is 7.79.